The van der Waals surface area contributed by atoms with E-state index in [1.54, 1.807) is 37.5 Å². The molecule has 0 heterocycles. The Hall–Kier alpha value is -3.93. The highest BCUT2D eigenvalue weighted by molar-refractivity contribution is 5.99. The number of hydrogen-bond acceptors (Lipinski definition) is 5. The summed E-state index contributed by atoms with van der Waals surface area (Å²) in [6.07, 6.45) is 2.95. The molecule has 1 amide bonds. The molecule has 0 aliphatic rings. The third-order valence-corrected chi connectivity index (χ3v) is 4.65. The summed E-state index contributed by atoms with van der Waals surface area (Å²) in [4.78, 5) is 35.1. The van der Waals surface area contributed by atoms with E-state index in [0.717, 1.165) is 27.6 Å². The lowest BCUT2D eigenvalue weighted by Gasteiger charge is -2.05. The SMILES string of the molecule is COc1ccc2cc(/C=C/C(=O)OCC(=O)c3ccc(CNC(C)=O)cc3)ccc2c1. The number of amides is 1. The van der Waals surface area contributed by atoms with Gasteiger partial charge in [0, 0.05) is 25.1 Å². The molecule has 0 aliphatic heterocycles. The zero-order valence-corrected chi connectivity index (χ0v) is 17.4. The quantitative estimate of drug-likeness (QED) is 0.341. The molecule has 6 nitrogen and oxygen atoms in total. The second-order valence-electron chi connectivity index (χ2n) is 6.94. The fourth-order valence-corrected chi connectivity index (χ4v) is 2.94. The van der Waals surface area contributed by atoms with Crippen molar-refractivity contribution in [2.75, 3.05) is 13.7 Å². The van der Waals surface area contributed by atoms with Crippen LogP contribution in [0.2, 0.25) is 0 Å². The van der Waals surface area contributed by atoms with Gasteiger partial charge in [-0.3, -0.25) is 9.59 Å². The first-order chi connectivity index (χ1) is 14.9. The summed E-state index contributed by atoms with van der Waals surface area (Å²) >= 11 is 0. The van der Waals surface area contributed by atoms with Gasteiger partial charge in [0.15, 0.2) is 12.4 Å². The second kappa shape index (κ2) is 10.2. The van der Waals surface area contributed by atoms with Gasteiger partial charge in [0.1, 0.15) is 5.75 Å². The molecule has 0 bridgehead atoms. The van der Waals surface area contributed by atoms with Crippen LogP contribution in [0.3, 0.4) is 0 Å². The van der Waals surface area contributed by atoms with E-state index >= 15 is 0 Å². The molecular formula is C25H23NO5. The normalized spacial score (nSPS) is 10.8. The maximum absolute atomic E-state index is 12.2. The number of benzene rings is 3. The molecule has 0 atom stereocenters. The number of esters is 1. The highest BCUT2D eigenvalue weighted by Gasteiger charge is 2.09. The van der Waals surface area contributed by atoms with E-state index in [2.05, 4.69) is 5.32 Å². The van der Waals surface area contributed by atoms with E-state index in [-0.39, 0.29) is 18.3 Å². The predicted octanol–water partition coefficient (Wildman–Crippen LogP) is 3.92. The lowest BCUT2D eigenvalue weighted by atomic mass is 10.1. The van der Waals surface area contributed by atoms with Crippen molar-refractivity contribution in [1.82, 2.24) is 5.32 Å². The molecule has 0 spiro atoms. The molecule has 0 unspecified atom stereocenters. The van der Waals surface area contributed by atoms with Crippen LogP contribution in [-0.2, 0) is 20.9 Å². The number of fused-ring (bicyclic) bond motifs is 1. The Morgan fingerprint density at radius 1 is 0.935 bits per heavy atom. The average molecular weight is 417 g/mol. The van der Waals surface area contributed by atoms with Crippen molar-refractivity contribution in [2.24, 2.45) is 0 Å². The molecule has 0 fully saturated rings. The topological polar surface area (TPSA) is 81.7 Å². The van der Waals surface area contributed by atoms with Gasteiger partial charge < -0.3 is 14.8 Å². The van der Waals surface area contributed by atoms with Gasteiger partial charge in [0.2, 0.25) is 5.91 Å². The summed E-state index contributed by atoms with van der Waals surface area (Å²) in [5.41, 5.74) is 2.16. The zero-order valence-electron chi connectivity index (χ0n) is 17.4. The molecule has 158 valence electrons. The Balaban J connectivity index is 1.53. The van der Waals surface area contributed by atoms with Crippen molar-refractivity contribution < 1.29 is 23.9 Å². The summed E-state index contributed by atoms with van der Waals surface area (Å²) in [5, 5.41) is 4.74. The van der Waals surface area contributed by atoms with Crippen LogP contribution in [0.15, 0.2) is 66.7 Å². The number of carbonyl (C=O) groups is 3. The van der Waals surface area contributed by atoms with Gasteiger partial charge in [-0.1, -0.05) is 42.5 Å². The fraction of sp³-hybridized carbons (Fsp3) is 0.160. The monoisotopic (exact) mass is 417 g/mol. The van der Waals surface area contributed by atoms with Crippen LogP contribution in [0.5, 0.6) is 5.75 Å². The van der Waals surface area contributed by atoms with Crippen molar-refractivity contribution in [2.45, 2.75) is 13.5 Å². The molecule has 0 saturated carbocycles. The molecule has 1 N–H and O–H groups in total. The smallest absolute Gasteiger partial charge is 0.331 e. The molecule has 0 saturated heterocycles. The first kappa shape index (κ1) is 21.8. The molecule has 0 aliphatic carbocycles. The van der Waals surface area contributed by atoms with Crippen LogP contribution in [0, 0.1) is 0 Å². The van der Waals surface area contributed by atoms with Crippen molar-refractivity contribution in [1.29, 1.82) is 0 Å². The minimum Gasteiger partial charge on any atom is -0.497 e. The molecule has 0 aromatic heterocycles. The van der Waals surface area contributed by atoms with Crippen LogP contribution in [0.1, 0.15) is 28.4 Å². The maximum atomic E-state index is 12.2. The minimum absolute atomic E-state index is 0.121. The summed E-state index contributed by atoms with van der Waals surface area (Å²) in [5.74, 6) is -0.228. The van der Waals surface area contributed by atoms with E-state index in [1.807, 2.05) is 36.4 Å². The van der Waals surface area contributed by atoms with Gasteiger partial charge in [0.05, 0.1) is 7.11 Å². The fourth-order valence-electron chi connectivity index (χ4n) is 2.94. The highest BCUT2D eigenvalue weighted by atomic mass is 16.5. The summed E-state index contributed by atoms with van der Waals surface area (Å²) in [6.45, 7) is 1.50. The summed E-state index contributed by atoms with van der Waals surface area (Å²) in [7, 11) is 1.62. The number of hydrogen-bond donors (Lipinski definition) is 1. The molecule has 3 aromatic carbocycles. The Labute approximate surface area is 180 Å². The van der Waals surface area contributed by atoms with Gasteiger partial charge in [-0.2, -0.15) is 0 Å². The number of Topliss-reactive ketones (excluding diaryl/α,β-unsaturated/α-hetero) is 1. The highest BCUT2D eigenvalue weighted by Crippen LogP contribution is 2.22. The number of ketones is 1. The largest absolute Gasteiger partial charge is 0.497 e. The van der Waals surface area contributed by atoms with Gasteiger partial charge >= 0.3 is 5.97 Å². The Morgan fingerprint density at radius 3 is 2.35 bits per heavy atom. The molecule has 6 heteroatoms. The van der Waals surface area contributed by atoms with Gasteiger partial charge in [-0.15, -0.1) is 0 Å². The van der Waals surface area contributed by atoms with Crippen molar-refractivity contribution in [3.8, 4) is 5.75 Å². The Morgan fingerprint density at radius 2 is 1.65 bits per heavy atom. The van der Waals surface area contributed by atoms with Crippen LogP contribution in [0.4, 0.5) is 0 Å². The first-order valence-electron chi connectivity index (χ1n) is 9.74. The summed E-state index contributed by atoms with van der Waals surface area (Å²) < 4.78 is 10.3. The third kappa shape index (κ3) is 6.27. The lowest BCUT2D eigenvalue weighted by Crippen LogP contribution is -2.19. The molecule has 3 aromatic rings. The summed E-state index contributed by atoms with van der Waals surface area (Å²) in [6, 6.07) is 18.3. The van der Waals surface area contributed by atoms with Crippen LogP contribution >= 0.6 is 0 Å². The zero-order chi connectivity index (χ0) is 22.2. The van der Waals surface area contributed by atoms with Crippen LogP contribution < -0.4 is 10.1 Å². The number of methoxy groups -OCH3 is 1. The van der Waals surface area contributed by atoms with Gasteiger partial charge in [-0.05, 0) is 46.2 Å². The number of carbonyl (C=O) groups excluding carboxylic acids is 3. The van der Waals surface area contributed by atoms with Crippen molar-refractivity contribution in [3.63, 3.8) is 0 Å². The third-order valence-electron chi connectivity index (χ3n) is 4.65. The average Bonchev–Trinajstić information content (AvgIpc) is 2.79. The van der Waals surface area contributed by atoms with Gasteiger partial charge in [0.25, 0.3) is 0 Å². The first-order valence-corrected chi connectivity index (χ1v) is 9.74. The Kier molecular flexibility index (Phi) is 7.17. The minimum atomic E-state index is -0.592. The lowest BCUT2D eigenvalue weighted by molar-refractivity contribution is -0.136. The molecule has 0 radical (unpaired) electrons. The number of rotatable bonds is 8. The van der Waals surface area contributed by atoms with Gasteiger partial charge in [-0.25, -0.2) is 4.79 Å². The molecular weight excluding hydrogens is 394 g/mol. The standard InChI is InChI=1S/C25H23NO5/c1-17(27)26-15-19-4-7-20(8-5-19)24(28)16-31-25(29)12-6-18-3-9-22-14-23(30-2)11-10-21(22)13-18/h3-14H,15-16H2,1-2H3,(H,26,27)/b12-6+. The van der Waals surface area contributed by atoms with E-state index in [9.17, 15) is 14.4 Å². The maximum Gasteiger partial charge on any atom is 0.331 e. The van der Waals surface area contributed by atoms with Crippen LogP contribution in [0.25, 0.3) is 16.8 Å². The molecule has 31 heavy (non-hydrogen) atoms. The van der Waals surface area contributed by atoms with Crippen molar-refractivity contribution >= 4 is 34.5 Å². The second-order valence-corrected chi connectivity index (χ2v) is 6.94. The van der Waals surface area contributed by atoms with E-state index in [0.29, 0.717) is 12.1 Å². The molecule has 3 rings (SSSR count). The van der Waals surface area contributed by atoms with E-state index in [1.165, 1.54) is 13.0 Å². The number of nitrogens with one attached hydrogen (secondary N) is 1. The predicted molar refractivity (Wildman–Crippen MR) is 119 cm³/mol. The van der Waals surface area contributed by atoms with E-state index in [4.69, 9.17) is 9.47 Å². The Bertz CT molecular complexity index is 1130. The number of ether oxygens (including phenoxy) is 2. The van der Waals surface area contributed by atoms with Crippen LogP contribution in [-0.4, -0.2) is 31.4 Å². The van der Waals surface area contributed by atoms with Crippen molar-refractivity contribution in [3.05, 3.63) is 83.4 Å². The van der Waals surface area contributed by atoms with E-state index < -0.39 is 5.97 Å².